The topological polar surface area (TPSA) is 160 Å². The molecule has 1 aromatic rings. The lowest BCUT2D eigenvalue weighted by Gasteiger charge is -2.30. The van der Waals surface area contributed by atoms with Crippen LogP contribution in [0.25, 0.3) is 0 Å². The number of aliphatic hydroxyl groups excluding tert-OH is 4. The van der Waals surface area contributed by atoms with Gasteiger partial charge in [-0.3, -0.25) is 0 Å². The molecule has 0 saturated carbocycles. The van der Waals surface area contributed by atoms with Crippen molar-refractivity contribution >= 4 is 17.2 Å². The predicted molar refractivity (Wildman–Crippen MR) is 122 cm³/mol. The standard InChI is InChI=1S/C15H26O5P2.C5H12O4/c1-10-8-11(14(2,3)4)13(12(9-10)15(5,6)7)19-22(18)20-21(16)17;6-1-5(2-7,3-8)4-9/h8-9,16-18H,1-7H3;6-9H,1-4H2. The molecule has 11 heteroatoms. The van der Waals surface area contributed by atoms with Crippen LogP contribution in [0.4, 0.5) is 0 Å². The second-order valence-corrected chi connectivity index (χ2v) is 11.3. The lowest BCUT2D eigenvalue weighted by atomic mass is 9.78. The van der Waals surface area contributed by atoms with Gasteiger partial charge in [-0.25, -0.2) is 4.31 Å². The van der Waals surface area contributed by atoms with E-state index in [2.05, 4.69) is 45.9 Å². The van der Waals surface area contributed by atoms with Gasteiger partial charge >= 0.3 is 17.2 Å². The molecule has 1 rings (SSSR count). The molecule has 0 aliphatic rings. The zero-order chi connectivity index (χ0) is 24.6. The molecule has 0 saturated heterocycles. The summed E-state index contributed by atoms with van der Waals surface area (Å²) in [6.45, 7) is 12.8. The summed E-state index contributed by atoms with van der Waals surface area (Å²) >= 11 is 0. The van der Waals surface area contributed by atoms with Crippen LogP contribution in [0.5, 0.6) is 5.75 Å². The van der Waals surface area contributed by atoms with Gasteiger partial charge in [-0.1, -0.05) is 59.2 Å². The molecule has 0 heterocycles. The summed E-state index contributed by atoms with van der Waals surface area (Å²) in [6, 6.07) is 4.04. The minimum absolute atomic E-state index is 0.194. The van der Waals surface area contributed by atoms with Gasteiger partial charge in [0, 0.05) is 11.1 Å². The largest absolute Gasteiger partial charge is 0.426 e. The minimum atomic E-state index is -2.66. The zero-order valence-corrected chi connectivity index (χ0v) is 21.1. The summed E-state index contributed by atoms with van der Waals surface area (Å²) in [5.74, 6) is 0.552. The van der Waals surface area contributed by atoms with Gasteiger partial charge in [-0.15, -0.1) is 0 Å². The van der Waals surface area contributed by atoms with E-state index in [9.17, 15) is 4.89 Å². The molecule has 0 radical (unpaired) electrons. The smallest absolute Gasteiger partial charge is 0.401 e. The highest BCUT2D eigenvalue weighted by atomic mass is 31.2. The highest BCUT2D eigenvalue weighted by Gasteiger charge is 2.30. The number of aryl methyl sites for hydroxylation is 1. The Hall–Kier alpha value is -0.440. The Morgan fingerprint density at radius 3 is 1.32 bits per heavy atom. The van der Waals surface area contributed by atoms with Crippen LogP contribution in [0.2, 0.25) is 0 Å². The summed E-state index contributed by atoms with van der Waals surface area (Å²) in [5.41, 5.74) is 1.50. The first-order valence-corrected chi connectivity index (χ1v) is 12.0. The maximum atomic E-state index is 9.84. The van der Waals surface area contributed by atoms with Gasteiger partial charge in [-0.2, -0.15) is 0 Å². The number of hydrogen-bond acceptors (Lipinski definition) is 9. The monoisotopic (exact) mass is 484 g/mol. The maximum absolute atomic E-state index is 9.84. The highest BCUT2D eigenvalue weighted by Crippen LogP contribution is 2.50. The molecule has 7 N–H and O–H groups in total. The SMILES string of the molecule is Cc1cc(C(C)(C)C)c(OP(O)OP(O)O)c(C(C)(C)C)c1.OCC(CO)(CO)CO. The molecule has 1 unspecified atom stereocenters. The molecular formula is C20H38O9P2. The summed E-state index contributed by atoms with van der Waals surface area (Å²) in [7, 11) is -5.07. The molecule has 0 spiro atoms. The van der Waals surface area contributed by atoms with Crippen LogP contribution in [0.3, 0.4) is 0 Å². The van der Waals surface area contributed by atoms with Gasteiger partial charge in [-0.05, 0) is 17.8 Å². The van der Waals surface area contributed by atoms with E-state index in [4.69, 9.17) is 34.7 Å². The van der Waals surface area contributed by atoms with Crippen LogP contribution in [-0.2, 0) is 15.1 Å². The summed E-state index contributed by atoms with van der Waals surface area (Å²) in [6.07, 6.45) is 0. The molecule has 0 fully saturated rings. The highest BCUT2D eigenvalue weighted by molar-refractivity contribution is 7.54. The lowest BCUT2D eigenvalue weighted by molar-refractivity contribution is -0.0328. The minimum Gasteiger partial charge on any atom is -0.426 e. The Morgan fingerprint density at radius 1 is 0.742 bits per heavy atom. The average Bonchev–Trinajstić information content (AvgIpc) is 2.63. The van der Waals surface area contributed by atoms with Crippen LogP contribution < -0.4 is 4.52 Å². The van der Waals surface area contributed by atoms with Crippen molar-refractivity contribution in [1.82, 2.24) is 0 Å². The van der Waals surface area contributed by atoms with Gasteiger partial charge in [0.05, 0.1) is 31.8 Å². The third kappa shape index (κ3) is 9.93. The van der Waals surface area contributed by atoms with Crippen molar-refractivity contribution in [3.63, 3.8) is 0 Å². The van der Waals surface area contributed by atoms with Gasteiger partial charge < -0.3 is 39.6 Å². The van der Waals surface area contributed by atoms with Crippen LogP contribution >= 0.6 is 17.2 Å². The molecule has 31 heavy (non-hydrogen) atoms. The summed E-state index contributed by atoms with van der Waals surface area (Å²) in [5, 5.41) is 34.0. The Balaban J connectivity index is 0.000000842. The maximum Gasteiger partial charge on any atom is 0.401 e. The molecule has 0 aliphatic heterocycles. The Kier molecular flexibility index (Phi) is 12.5. The van der Waals surface area contributed by atoms with Gasteiger partial charge in [0.15, 0.2) is 0 Å². The molecule has 0 aromatic heterocycles. The van der Waals surface area contributed by atoms with Crippen molar-refractivity contribution in [2.45, 2.75) is 59.3 Å². The number of hydrogen-bond donors (Lipinski definition) is 7. The van der Waals surface area contributed by atoms with E-state index in [1.165, 1.54) is 0 Å². The van der Waals surface area contributed by atoms with Crippen LogP contribution in [0, 0.1) is 12.3 Å². The third-order valence-electron chi connectivity index (χ3n) is 4.50. The van der Waals surface area contributed by atoms with Crippen LogP contribution in [0.1, 0.15) is 58.2 Å². The molecular weight excluding hydrogens is 446 g/mol. The molecule has 0 aliphatic carbocycles. The van der Waals surface area contributed by atoms with Crippen molar-refractivity contribution in [2.75, 3.05) is 26.4 Å². The summed E-state index contributed by atoms with van der Waals surface area (Å²) in [4.78, 5) is 27.6. The number of rotatable bonds is 8. The predicted octanol–water partition coefficient (Wildman–Crippen LogP) is 2.36. The second kappa shape index (κ2) is 12.7. The van der Waals surface area contributed by atoms with Crippen LogP contribution in [-0.4, -0.2) is 61.5 Å². The first-order valence-electron chi connectivity index (χ1n) is 9.69. The van der Waals surface area contributed by atoms with E-state index in [0.717, 1.165) is 16.7 Å². The van der Waals surface area contributed by atoms with Crippen LogP contribution in [0.15, 0.2) is 12.1 Å². The van der Waals surface area contributed by atoms with Gasteiger partial charge in [0.2, 0.25) is 0 Å². The number of benzene rings is 1. The molecule has 0 bridgehead atoms. The Bertz CT molecular complexity index is 613. The summed E-state index contributed by atoms with van der Waals surface area (Å²) < 4.78 is 10.2. The fourth-order valence-electron chi connectivity index (χ4n) is 2.44. The van der Waals surface area contributed by atoms with Gasteiger partial charge in [0.25, 0.3) is 0 Å². The van der Waals surface area contributed by atoms with E-state index >= 15 is 0 Å². The Morgan fingerprint density at radius 2 is 1.10 bits per heavy atom. The molecule has 9 nitrogen and oxygen atoms in total. The third-order valence-corrected chi connectivity index (χ3v) is 5.98. The number of aliphatic hydroxyl groups is 4. The van der Waals surface area contributed by atoms with Crippen molar-refractivity contribution in [3.8, 4) is 5.75 Å². The van der Waals surface area contributed by atoms with E-state index < -0.39 is 49.0 Å². The van der Waals surface area contributed by atoms with E-state index in [1.807, 2.05) is 19.1 Å². The van der Waals surface area contributed by atoms with Crippen molar-refractivity contribution in [2.24, 2.45) is 5.41 Å². The lowest BCUT2D eigenvalue weighted by Crippen LogP contribution is -2.37. The van der Waals surface area contributed by atoms with Crippen molar-refractivity contribution < 1.29 is 43.9 Å². The average molecular weight is 484 g/mol. The first-order chi connectivity index (χ1) is 14.1. The van der Waals surface area contributed by atoms with Gasteiger partial charge in [0.1, 0.15) is 5.75 Å². The van der Waals surface area contributed by atoms with E-state index in [-0.39, 0.29) is 10.8 Å². The van der Waals surface area contributed by atoms with Crippen molar-refractivity contribution in [1.29, 1.82) is 0 Å². The zero-order valence-electron chi connectivity index (χ0n) is 19.3. The molecule has 1 aromatic carbocycles. The fourth-order valence-corrected chi connectivity index (χ4v) is 3.43. The molecule has 0 amide bonds. The normalized spacial score (nSPS) is 13.6. The molecule has 182 valence electrons. The molecule has 1 atom stereocenters. The van der Waals surface area contributed by atoms with E-state index in [0.29, 0.717) is 5.75 Å². The quantitative estimate of drug-likeness (QED) is 0.275. The van der Waals surface area contributed by atoms with E-state index in [1.54, 1.807) is 0 Å². The Labute approximate surface area is 187 Å². The fraction of sp³-hybridized carbons (Fsp3) is 0.700. The second-order valence-electron chi connectivity index (χ2n) is 9.49. The first kappa shape index (κ1) is 30.6. The van der Waals surface area contributed by atoms with Crippen molar-refractivity contribution in [3.05, 3.63) is 28.8 Å².